The van der Waals surface area contributed by atoms with Gasteiger partial charge in [0.1, 0.15) is 6.04 Å². The average molecular weight is 256 g/mol. The lowest BCUT2D eigenvalue weighted by Gasteiger charge is -2.14. The van der Waals surface area contributed by atoms with Crippen LogP contribution in [0.3, 0.4) is 0 Å². The van der Waals surface area contributed by atoms with Gasteiger partial charge in [0, 0.05) is 13.3 Å². The van der Waals surface area contributed by atoms with Gasteiger partial charge < -0.3 is 11.1 Å². The minimum atomic E-state index is -0.668. The molecule has 0 saturated heterocycles. The number of nitrogens with one attached hydrogen (secondary N) is 1. The summed E-state index contributed by atoms with van der Waals surface area (Å²) in [5.41, 5.74) is 6.26. The van der Waals surface area contributed by atoms with Gasteiger partial charge in [-0.05, 0) is 16.3 Å². The molecule has 0 unspecified atom stereocenters. The molecule has 4 heteroatoms. The van der Waals surface area contributed by atoms with E-state index in [9.17, 15) is 9.59 Å². The number of hydrogen-bond acceptors (Lipinski definition) is 2. The number of fused-ring (bicyclic) bond motifs is 1. The fourth-order valence-corrected chi connectivity index (χ4v) is 2.07. The molecular formula is C15H16N2O2. The van der Waals surface area contributed by atoms with Crippen molar-refractivity contribution >= 4 is 22.6 Å². The number of nitrogens with two attached hydrogens (primary N) is 1. The molecule has 19 heavy (non-hydrogen) atoms. The van der Waals surface area contributed by atoms with Crippen LogP contribution in [0.2, 0.25) is 0 Å². The van der Waals surface area contributed by atoms with Crippen molar-refractivity contribution in [3.63, 3.8) is 0 Å². The van der Waals surface area contributed by atoms with Gasteiger partial charge in [0.05, 0.1) is 0 Å². The zero-order chi connectivity index (χ0) is 13.8. The number of carbonyl (C=O) groups is 2. The highest BCUT2D eigenvalue weighted by Crippen LogP contribution is 2.16. The average Bonchev–Trinajstić information content (AvgIpc) is 2.37. The molecule has 0 aromatic heterocycles. The number of benzene rings is 2. The smallest absolute Gasteiger partial charge is 0.240 e. The Hall–Kier alpha value is -2.36. The maximum Gasteiger partial charge on any atom is 0.240 e. The van der Waals surface area contributed by atoms with E-state index in [1.54, 1.807) is 0 Å². The lowest BCUT2D eigenvalue weighted by molar-refractivity contribution is -0.126. The van der Waals surface area contributed by atoms with Gasteiger partial charge in [0.15, 0.2) is 0 Å². The molecule has 0 radical (unpaired) electrons. The Balaban J connectivity index is 2.23. The first kappa shape index (κ1) is 13.1. The zero-order valence-corrected chi connectivity index (χ0v) is 10.7. The summed E-state index contributed by atoms with van der Waals surface area (Å²) in [6.07, 6.45) is 0.403. The van der Waals surface area contributed by atoms with Crippen LogP contribution in [0.4, 0.5) is 0 Å². The molecule has 0 spiro atoms. The summed E-state index contributed by atoms with van der Waals surface area (Å²) in [6, 6.07) is 13.3. The van der Waals surface area contributed by atoms with Crippen LogP contribution in [0.25, 0.3) is 10.8 Å². The molecule has 1 atom stereocenters. The Bertz CT molecular complexity index is 622. The fraction of sp³-hybridized carbons (Fsp3) is 0.200. The van der Waals surface area contributed by atoms with Gasteiger partial charge in [0.25, 0.3) is 0 Å². The Kier molecular flexibility index (Phi) is 3.80. The van der Waals surface area contributed by atoms with Gasteiger partial charge >= 0.3 is 0 Å². The van der Waals surface area contributed by atoms with Gasteiger partial charge in [-0.1, -0.05) is 42.5 Å². The SMILES string of the molecule is CC(=O)N[C@H](Cc1ccc2ccccc2c1)C(N)=O. The van der Waals surface area contributed by atoms with Crippen molar-refractivity contribution in [1.82, 2.24) is 5.32 Å². The summed E-state index contributed by atoms with van der Waals surface area (Å²) < 4.78 is 0. The Labute approximate surface area is 111 Å². The van der Waals surface area contributed by atoms with E-state index in [1.807, 2.05) is 42.5 Å². The summed E-state index contributed by atoms with van der Waals surface area (Å²) in [7, 11) is 0. The predicted molar refractivity (Wildman–Crippen MR) is 74.5 cm³/mol. The quantitative estimate of drug-likeness (QED) is 0.867. The Morgan fingerprint density at radius 3 is 2.47 bits per heavy atom. The van der Waals surface area contributed by atoms with Gasteiger partial charge in [-0.3, -0.25) is 9.59 Å². The number of rotatable bonds is 4. The second-order valence-corrected chi connectivity index (χ2v) is 4.54. The normalized spacial score (nSPS) is 12.1. The van der Waals surface area contributed by atoms with E-state index in [2.05, 4.69) is 5.32 Å². The van der Waals surface area contributed by atoms with Crippen molar-refractivity contribution in [3.05, 3.63) is 48.0 Å². The second kappa shape index (κ2) is 5.52. The molecule has 0 aliphatic heterocycles. The monoisotopic (exact) mass is 256 g/mol. The molecule has 3 N–H and O–H groups in total. The van der Waals surface area contributed by atoms with Crippen LogP contribution < -0.4 is 11.1 Å². The second-order valence-electron chi connectivity index (χ2n) is 4.54. The molecule has 0 aliphatic carbocycles. The van der Waals surface area contributed by atoms with Gasteiger partial charge in [-0.15, -0.1) is 0 Å². The lowest BCUT2D eigenvalue weighted by atomic mass is 10.0. The van der Waals surface area contributed by atoms with Crippen LogP contribution in [-0.2, 0) is 16.0 Å². The highest BCUT2D eigenvalue weighted by molar-refractivity contribution is 5.86. The molecule has 2 amide bonds. The molecule has 2 aromatic rings. The van der Waals surface area contributed by atoms with Crippen LogP contribution in [0.1, 0.15) is 12.5 Å². The fourth-order valence-electron chi connectivity index (χ4n) is 2.07. The maximum absolute atomic E-state index is 11.3. The van der Waals surface area contributed by atoms with Gasteiger partial charge in [-0.2, -0.15) is 0 Å². The summed E-state index contributed by atoms with van der Waals surface area (Å²) in [6.45, 7) is 1.37. The van der Waals surface area contributed by atoms with Crippen molar-refractivity contribution in [2.24, 2.45) is 5.73 Å². The van der Waals surface area contributed by atoms with E-state index in [0.717, 1.165) is 16.3 Å². The van der Waals surface area contributed by atoms with E-state index < -0.39 is 11.9 Å². The maximum atomic E-state index is 11.3. The number of carbonyl (C=O) groups excluding carboxylic acids is 2. The highest BCUT2D eigenvalue weighted by Gasteiger charge is 2.16. The largest absolute Gasteiger partial charge is 0.368 e. The third kappa shape index (κ3) is 3.31. The zero-order valence-electron chi connectivity index (χ0n) is 10.7. The van der Waals surface area contributed by atoms with E-state index in [4.69, 9.17) is 5.73 Å². The first-order valence-electron chi connectivity index (χ1n) is 6.10. The minimum Gasteiger partial charge on any atom is -0.368 e. The van der Waals surface area contributed by atoms with Crippen molar-refractivity contribution in [3.8, 4) is 0 Å². The summed E-state index contributed by atoms with van der Waals surface area (Å²) in [5, 5.41) is 4.81. The molecular weight excluding hydrogens is 240 g/mol. The van der Waals surface area contributed by atoms with E-state index in [-0.39, 0.29) is 5.91 Å². The van der Waals surface area contributed by atoms with Crippen molar-refractivity contribution in [1.29, 1.82) is 0 Å². The molecule has 0 saturated carbocycles. The summed E-state index contributed by atoms with van der Waals surface area (Å²) >= 11 is 0. The molecule has 0 heterocycles. The summed E-state index contributed by atoms with van der Waals surface area (Å²) in [5.74, 6) is -0.784. The van der Waals surface area contributed by atoms with E-state index in [0.29, 0.717) is 6.42 Å². The van der Waals surface area contributed by atoms with Crippen molar-refractivity contribution in [2.45, 2.75) is 19.4 Å². The Morgan fingerprint density at radius 1 is 1.16 bits per heavy atom. The molecule has 98 valence electrons. The minimum absolute atomic E-state index is 0.260. The molecule has 2 rings (SSSR count). The van der Waals surface area contributed by atoms with Gasteiger partial charge in [-0.25, -0.2) is 0 Å². The van der Waals surface area contributed by atoms with Gasteiger partial charge in [0.2, 0.25) is 11.8 Å². The molecule has 0 fully saturated rings. The predicted octanol–water partition coefficient (Wildman–Crippen LogP) is 1.37. The number of primary amides is 1. The van der Waals surface area contributed by atoms with Crippen LogP contribution in [0.5, 0.6) is 0 Å². The molecule has 0 bridgehead atoms. The van der Waals surface area contributed by atoms with Crippen molar-refractivity contribution in [2.75, 3.05) is 0 Å². The Morgan fingerprint density at radius 2 is 1.84 bits per heavy atom. The van der Waals surface area contributed by atoms with E-state index in [1.165, 1.54) is 6.92 Å². The first-order valence-corrected chi connectivity index (χ1v) is 6.10. The van der Waals surface area contributed by atoms with Crippen LogP contribution in [0, 0.1) is 0 Å². The topological polar surface area (TPSA) is 72.2 Å². The number of amides is 2. The van der Waals surface area contributed by atoms with Crippen molar-refractivity contribution < 1.29 is 9.59 Å². The van der Waals surface area contributed by atoms with Crippen LogP contribution in [0.15, 0.2) is 42.5 Å². The standard InChI is InChI=1S/C15H16N2O2/c1-10(18)17-14(15(16)19)9-11-6-7-12-4-2-3-5-13(12)8-11/h2-8,14H,9H2,1H3,(H2,16,19)(H,17,18)/t14-/m1/s1. The highest BCUT2D eigenvalue weighted by atomic mass is 16.2. The molecule has 2 aromatic carbocycles. The summed E-state index contributed by atoms with van der Waals surface area (Å²) in [4.78, 5) is 22.4. The third-order valence-electron chi connectivity index (χ3n) is 2.97. The third-order valence-corrected chi connectivity index (χ3v) is 2.97. The lowest BCUT2D eigenvalue weighted by Crippen LogP contribution is -2.44. The first-order chi connectivity index (χ1) is 9.06. The molecule has 4 nitrogen and oxygen atoms in total. The number of hydrogen-bond donors (Lipinski definition) is 2. The van der Waals surface area contributed by atoms with E-state index >= 15 is 0 Å². The molecule has 0 aliphatic rings. The van der Waals surface area contributed by atoms with Crippen LogP contribution >= 0.6 is 0 Å². The van der Waals surface area contributed by atoms with Crippen LogP contribution in [-0.4, -0.2) is 17.9 Å².